The molecule has 0 spiro atoms. The Hall–Kier alpha value is -0.350. The molecule has 0 aliphatic heterocycles. The minimum absolute atomic E-state index is 0.0627. The molecule has 4 heteroatoms. The Kier molecular flexibility index (Phi) is 5.37. The number of hydrogen-bond acceptors (Lipinski definition) is 2. The topological polar surface area (TPSA) is 46.2 Å². The van der Waals surface area contributed by atoms with Gasteiger partial charge in [0.25, 0.3) is 0 Å². The second-order valence-corrected chi connectivity index (χ2v) is 6.53. The van der Waals surface area contributed by atoms with Gasteiger partial charge in [-0.1, -0.05) is 26.8 Å². The first-order valence-corrected chi connectivity index (χ1v) is 6.50. The highest BCUT2D eigenvalue weighted by molar-refractivity contribution is 7.89. The Labute approximate surface area is 87.6 Å². The van der Waals surface area contributed by atoms with Crippen molar-refractivity contribution in [3.8, 4) is 0 Å². The van der Waals surface area contributed by atoms with Crippen LogP contribution in [0.4, 0.5) is 0 Å². The second-order valence-electron chi connectivity index (χ2n) is 4.60. The highest BCUT2D eigenvalue weighted by Gasteiger charge is 2.16. The van der Waals surface area contributed by atoms with Crippen LogP contribution in [0.1, 0.15) is 33.6 Å². The third-order valence-electron chi connectivity index (χ3n) is 1.79. The lowest BCUT2D eigenvalue weighted by atomic mass is 9.94. The predicted octanol–water partition coefficient (Wildman–Crippen LogP) is 1.92. The standard InChI is InChI=1S/C10H21NO2S/c1-5-6-8-11-14(12,13)9-7-10(2,3)4/h5,11H,1,6-9H2,2-4H3. The molecule has 3 nitrogen and oxygen atoms in total. The largest absolute Gasteiger partial charge is 0.215 e. The third kappa shape index (κ3) is 8.26. The van der Waals surface area contributed by atoms with E-state index in [1.165, 1.54) is 0 Å². The molecule has 0 aromatic carbocycles. The zero-order chi connectivity index (χ0) is 11.2. The van der Waals surface area contributed by atoms with Crippen LogP contribution in [0.3, 0.4) is 0 Å². The lowest BCUT2D eigenvalue weighted by molar-refractivity contribution is 0.396. The molecule has 14 heavy (non-hydrogen) atoms. The molecule has 0 saturated heterocycles. The molecule has 0 bridgehead atoms. The highest BCUT2D eigenvalue weighted by Crippen LogP contribution is 2.18. The van der Waals surface area contributed by atoms with Crippen molar-refractivity contribution in [2.24, 2.45) is 5.41 Å². The maximum atomic E-state index is 11.4. The van der Waals surface area contributed by atoms with Crippen LogP contribution in [0.15, 0.2) is 12.7 Å². The predicted molar refractivity (Wildman–Crippen MR) is 60.7 cm³/mol. The quantitative estimate of drug-likeness (QED) is 0.548. The van der Waals surface area contributed by atoms with E-state index in [-0.39, 0.29) is 11.2 Å². The summed E-state index contributed by atoms with van der Waals surface area (Å²) >= 11 is 0. The number of nitrogens with one attached hydrogen (secondary N) is 1. The van der Waals surface area contributed by atoms with E-state index >= 15 is 0 Å². The molecule has 0 saturated carbocycles. The van der Waals surface area contributed by atoms with E-state index < -0.39 is 10.0 Å². The van der Waals surface area contributed by atoms with Crippen LogP contribution < -0.4 is 4.72 Å². The molecule has 0 unspecified atom stereocenters. The van der Waals surface area contributed by atoms with Crippen LogP contribution in [0.5, 0.6) is 0 Å². The normalized spacial score (nSPS) is 12.8. The number of hydrogen-bond donors (Lipinski definition) is 1. The van der Waals surface area contributed by atoms with Crippen molar-refractivity contribution >= 4 is 10.0 Å². The van der Waals surface area contributed by atoms with Crippen LogP contribution in [0, 0.1) is 5.41 Å². The van der Waals surface area contributed by atoms with Crippen LogP contribution in [0.25, 0.3) is 0 Å². The molecule has 0 amide bonds. The van der Waals surface area contributed by atoms with Crippen molar-refractivity contribution in [2.45, 2.75) is 33.6 Å². The smallest absolute Gasteiger partial charge is 0.211 e. The average Bonchev–Trinajstić information content (AvgIpc) is 2.00. The molecular weight excluding hydrogens is 198 g/mol. The van der Waals surface area contributed by atoms with Crippen LogP contribution in [-0.4, -0.2) is 20.7 Å². The molecule has 0 atom stereocenters. The van der Waals surface area contributed by atoms with Crippen molar-refractivity contribution in [3.05, 3.63) is 12.7 Å². The molecule has 1 N–H and O–H groups in total. The summed E-state index contributed by atoms with van der Waals surface area (Å²) in [7, 11) is -3.08. The van der Waals surface area contributed by atoms with Gasteiger partial charge in [0.05, 0.1) is 5.75 Å². The van der Waals surface area contributed by atoms with Gasteiger partial charge in [-0.15, -0.1) is 6.58 Å². The Balaban J connectivity index is 3.90. The van der Waals surface area contributed by atoms with Crippen molar-refractivity contribution in [1.29, 1.82) is 0 Å². The van der Waals surface area contributed by atoms with Gasteiger partial charge in [-0.25, -0.2) is 13.1 Å². The zero-order valence-corrected chi connectivity index (χ0v) is 10.2. The van der Waals surface area contributed by atoms with Crippen LogP contribution in [-0.2, 0) is 10.0 Å². The van der Waals surface area contributed by atoms with E-state index in [0.717, 1.165) is 0 Å². The minimum Gasteiger partial charge on any atom is -0.215 e. The molecule has 0 aromatic heterocycles. The molecule has 0 rings (SSSR count). The Morgan fingerprint density at radius 1 is 1.36 bits per heavy atom. The zero-order valence-electron chi connectivity index (χ0n) is 9.34. The summed E-state index contributed by atoms with van der Waals surface area (Å²) in [6.07, 6.45) is 3.05. The third-order valence-corrected chi connectivity index (χ3v) is 3.18. The summed E-state index contributed by atoms with van der Waals surface area (Å²) in [5, 5.41) is 0. The first-order chi connectivity index (χ1) is 6.27. The van der Waals surface area contributed by atoms with Gasteiger partial charge in [-0.3, -0.25) is 0 Å². The maximum Gasteiger partial charge on any atom is 0.211 e. The Bertz CT molecular complexity index is 262. The summed E-state index contributed by atoms with van der Waals surface area (Å²) in [6.45, 7) is 10.1. The van der Waals surface area contributed by atoms with E-state index in [1.807, 2.05) is 20.8 Å². The number of rotatable bonds is 6. The van der Waals surface area contributed by atoms with Gasteiger partial charge in [-0.05, 0) is 18.3 Å². The highest BCUT2D eigenvalue weighted by atomic mass is 32.2. The van der Waals surface area contributed by atoms with Gasteiger partial charge >= 0.3 is 0 Å². The average molecular weight is 219 g/mol. The molecule has 0 aliphatic carbocycles. The SMILES string of the molecule is C=CCCNS(=O)(=O)CCC(C)(C)C. The molecule has 84 valence electrons. The van der Waals surface area contributed by atoms with Gasteiger partial charge in [0.15, 0.2) is 0 Å². The van der Waals surface area contributed by atoms with Crippen LogP contribution >= 0.6 is 0 Å². The summed E-state index contributed by atoms with van der Waals surface area (Å²) in [6, 6.07) is 0. The molecule has 0 heterocycles. The number of sulfonamides is 1. The lowest BCUT2D eigenvalue weighted by Crippen LogP contribution is -2.28. The van der Waals surface area contributed by atoms with Crippen molar-refractivity contribution in [3.63, 3.8) is 0 Å². The van der Waals surface area contributed by atoms with Gasteiger partial charge in [0, 0.05) is 6.54 Å². The minimum atomic E-state index is -3.08. The maximum absolute atomic E-state index is 11.4. The molecular formula is C10H21NO2S. The van der Waals surface area contributed by atoms with Crippen molar-refractivity contribution < 1.29 is 8.42 Å². The van der Waals surface area contributed by atoms with E-state index in [2.05, 4.69) is 11.3 Å². The second kappa shape index (κ2) is 5.51. The van der Waals surface area contributed by atoms with E-state index in [4.69, 9.17) is 0 Å². The van der Waals surface area contributed by atoms with E-state index in [9.17, 15) is 8.42 Å². The van der Waals surface area contributed by atoms with Gasteiger partial charge < -0.3 is 0 Å². The summed E-state index contributed by atoms with van der Waals surface area (Å²) < 4.78 is 25.3. The van der Waals surface area contributed by atoms with Crippen molar-refractivity contribution in [2.75, 3.05) is 12.3 Å². The van der Waals surface area contributed by atoms with Gasteiger partial charge in [0.2, 0.25) is 10.0 Å². The first kappa shape index (κ1) is 13.7. The fourth-order valence-electron chi connectivity index (χ4n) is 0.829. The lowest BCUT2D eigenvalue weighted by Gasteiger charge is -2.17. The van der Waals surface area contributed by atoms with E-state index in [0.29, 0.717) is 19.4 Å². The molecule has 0 aliphatic rings. The fourth-order valence-corrected chi connectivity index (χ4v) is 2.28. The molecule has 0 radical (unpaired) electrons. The monoisotopic (exact) mass is 219 g/mol. The molecule has 0 fully saturated rings. The summed E-state index contributed by atoms with van der Waals surface area (Å²) in [4.78, 5) is 0. The summed E-state index contributed by atoms with van der Waals surface area (Å²) in [5.74, 6) is 0.202. The Morgan fingerprint density at radius 2 is 1.93 bits per heavy atom. The molecule has 0 aromatic rings. The Morgan fingerprint density at radius 3 is 2.36 bits per heavy atom. The van der Waals surface area contributed by atoms with E-state index in [1.54, 1.807) is 6.08 Å². The fraction of sp³-hybridized carbons (Fsp3) is 0.800. The first-order valence-electron chi connectivity index (χ1n) is 4.85. The van der Waals surface area contributed by atoms with Crippen LogP contribution in [0.2, 0.25) is 0 Å². The summed E-state index contributed by atoms with van der Waals surface area (Å²) in [5.41, 5.74) is 0.0627. The van der Waals surface area contributed by atoms with Gasteiger partial charge in [-0.2, -0.15) is 0 Å². The van der Waals surface area contributed by atoms with Crippen molar-refractivity contribution in [1.82, 2.24) is 4.72 Å². The van der Waals surface area contributed by atoms with Gasteiger partial charge in [0.1, 0.15) is 0 Å².